The van der Waals surface area contributed by atoms with Gasteiger partial charge in [-0.05, 0) is 54.2 Å². The predicted molar refractivity (Wildman–Crippen MR) is 94.6 cm³/mol. The number of nitrogens with one attached hydrogen (secondary N) is 2. The summed E-state index contributed by atoms with van der Waals surface area (Å²) in [6.45, 7) is 0. The zero-order valence-corrected chi connectivity index (χ0v) is 13.9. The predicted octanol–water partition coefficient (Wildman–Crippen LogP) is 3.82. The van der Waals surface area contributed by atoms with Crippen LogP contribution in [0.4, 0.5) is 0 Å². The molecule has 0 amide bonds. The molecule has 0 saturated heterocycles. The van der Waals surface area contributed by atoms with Crippen LogP contribution in [0.1, 0.15) is 11.1 Å². The highest BCUT2D eigenvalue weighted by atomic mass is 32.1. The van der Waals surface area contributed by atoms with Crippen molar-refractivity contribution in [1.82, 2.24) is 9.97 Å². The van der Waals surface area contributed by atoms with Gasteiger partial charge in [-0.3, -0.25) is 9.78 Å². The SMILES string of the molecule is COc1ccc(Oc2cccc(Cc3c[nH]c(=S)[nH]c3=O)c2)cc1. The Morgan fingerprint density at radius 1 is 1.04 bits per heavy atom. The molecular weight excluding hydrogens is 324 g/mol. The minimum atomic E-state index is -0.180. The first-order valence-corrected chi connectivity index (χ1v) is 7.76. The molecule has 24 heavy (non-hydrogen) atoms. The Labute approximate surface area is 143 Å². The van der Waals surface area contributed by atoms with Crippen LogP contribution in [-0.2, 0) is 6.42 Å². The lowest BCUT2D eigenvalue weighted by atomic mass is 10.1. The summed E-state index contributed by atoms with van der Waals surface area (Å²) < 4.78 is 11.3. The van der Waals surface area contributed by atoms with Crippen molar-refractivity contribution in [2.45, 2.75) is 6.42 Å². The maximum Gasteiger partial charge on any atom is 0.255 e. The van der Waals surface area contributed by atoms with E-state index in [2.05, 4.69) is 9.97 Å². The van der Waals surface area contributed by atoms with E-state index in [-0.39, 0.29) is 5.56 Å². The average Bonchev–Trinajstić information content (AvgIpc) is 2.58. The molecule has 3 aromatic rings. The summed E-state index contributed by atoms with van der Waals surface area (Å²) in [5, 5.41) is 0. The first-order valence-electron chi connectivity index (χ1n) is 7.36. The third-order valence-corrected chi connectivity index (χ3v) is 3.70. The average molecular weight is 340 g/mol. The van der Waals surface area contributed by atoms with E-state index in [0.717, 1.165) is 17.1 Å². The van der Waals surface area contributed by atoms with E-state index in [1.807, 2.05) is 48.5 Å². The van der Waals surface area contributed by atoms with Gasteiger partial charge in [-0.2, -0.15) is 0 Å². The minimum Gasteiger partial charge on any atom is -0.497 e. The smallest absolute Gasteiger partial charge is 0.255 e. The van der Waals surface area contributed by atoms with Crippen LogP contribution in [0, 0.1) is 4.77 Å². The molecule has 6 heteroatoms. The van der Waals surface area contributed by atoms with Gasteiger partial charge in [0.1, 0.15) is 17.2 Å². The molecule has 0 atom stereocenters. The molecule has 2 N–H and O–H groups in total. The van der Waals surface area contributed by atoms with E-state index in [4.69, 9.17) is 21.7 Å². The zero-order chi connectivity index (χ0) is 16.9. The van der Waals surface area contributed by atoms with Gasteiger partial charge < -0.3 is 14.5 Å². The van der Waals surface area contributed by atoms with Gasteiger partial charge in [-0.25, -0.2) is 0 Å². The van der Waals surface area contributed by atoms with Crippen molar-refractivity contribution < 1.29 is 9.47 Å². The van der Waals surface area contributed by atoms with Crippen molar-refractivity contribution in [3.05, 3.63) is 81.0 Å². The lowest BCUT2D eigenvalue weighted by Crippen LogP contribution is -2.13. The topological polar surface area (TPSA) is 67.1 Å². The van der Waals surface area contributed by atoms with Crippen LogP contribution in [0.5, 0.6) is 17.2 Å². The maximum atomic E-state index is 11.9. The Morgan fingerprint density at radius 3 is 2.50 bits per heavy atom. The van der Waals surface area contributed by atoms with Gasteiger partial charge in [0.2, 0.25) is 0 Å². The van der Waals surface area contributed by atoms with Gasteiger partial charge in [-0.1, -0.05) is 12.1 Å². The summed E-state index contributed by atoms with van der Waals surface area (Å²) in [5.41, 5.74) is 1.41. The van der Waals surface area contributed by atoms with E-state index in [0.29, 0.717) is 22.5 Å². The molecule has 3 rings (SSSR count). The van der Waals surface area contributed by atoms with Crippen LogP contribution in [0.15, 0.2) is 59.5 Å². The highest BCUT2D eigenvalue weighted by Gasteiger charge is 2.04. The summed E-state index contributed by atoms with van der Waals surface area (Å²) in [6, 6.07) is 15.0. The van der Waals surface area contributed by atoms with E-state index in [1.165, 1.54) is 0 Å². The Morgan fingerprint density at radius 2 is 1.79 bits per heavy atom. The molecule has 122 valence electrons. The van der Waals surface area contributed by atoms with E-state index < -0.39 is 0 Å². The molecule has 0 aliphatic heterocycles. The van der Waals surface area contributed by atoms with Crippen molar-refractivity contribution in [3.8, 4) is 17.2 Å². The van der Waals surface area contributed by atoms with Crippen LogP contribution >= 0.6 is 12.2 Å². The molecule has 0 unspecified atom stereocenters. The standard InChI is InChI=1S/C18H16N2O3S/c1-22-14-5-7-15(8-6-14)23-16-4-2-3-12(10-16)9-13-11-19-18(24)20-17(13)21/h2-8,10-11H,9H2,1H3,(H2,19,20,21,24). The lowest BCUT2D eigenvalue weighted by molar-refractivity contribution is 0.413. The van der Waals surface area contributed by atoms with E-state index in [1.54, 1.807) is 13.3 Å². The number of methoxy groups -OCH3 is 1. The number of rotatable bonds is 5. The fourth-order valence-corrected chi connectivity index (χ4v) is 2.44. The van der Waals surface area contributed by atoms with Gasteiger partial charge in [-0.15, -0.1) is 0 Å². The summed E-state index contributed by atoms with van der Waals surface area (Å²) in [4.78, 5) is 17.3. The second kappa shape index (κ2) is 7.14. The third-order valence-electron chi connectivity index (χ3n) is 3.48. The molecule has 1 aromatic heterocycles. The molecule has 2 aromatic carbocycles. The molecule has 0 aliphatic carbocycles. The van der Waals surface area contributed by atoms with Crippen LogP contribution in [0.3, 0.4) is 0 Å². The number of aromatic amines is 2. The molecule has 5 nitrogen and oxygen atoms in total. The normalized spacial score (nSPS) is 10.4. The highest BCUT2D eigenvalue weighted by Crippen LogP contribution is 2.24. The molecule has 0 bridgehead atoms. The van der Waals surface area contributed by atoms with Crippen molar-refractivity contribution in [2.24, 2.45) is 0 Å². The number of aromatic nitrogens is 2. The van der Waals surface area contributed by atoms with Gasteiger partial charge in [0, 0.05) is 18.2 Å². The summed E-state index contributed by atoms with van der Waals surface area (Å²) in [6.07, 6.45) is 2.12. The lowest BCUT2D eigenvalue weighted by Gasteiger charge is -2.08. The van der Waals surface area contributed by atoms with Crippen molar-refractivity contribution in [1.29, 1.82) is 0 Å². The van der Waals surface area contributed by atoms with Crippen LogP contribution in [-0.4, -0.2) is 17.1 Å². The fraction of sp³-hybridized carbons (Fsp3) is 0.111. The van der Waals surface area contributed by atoms with Gasteiger partial charge in [0.15, 0.2) is 4.77 Å². The van der Waals surface area contributed by atoms with Crippen molar-refractivity contribution in [3.63, 3.8) is 0 Å². The molecule has 0 aliphatic rings. The summed E-state index contributed by atoms with van der Waals surface area (Å²) >= 11 is 4.90. The molecule has 0 saturated carbocycles. The van der Waals surface area contributed by atoms with Gasteiger partial charge in [0.25, 0.3) is 5.56 Å². The van der Waals surface area contributed by atoms with Crippen LogP contribution in [0.25, 0.3) is 0 Å². The van der Waals surface area contributed by atoms with Crippen molar-refractivity contribution in [2.75, 3.05) is 7.11 Å². The number of ether oxygens (including phenoxy) is 2. The zero-order valence-electron chi connectivity index (χ0n) is 13.0. The molecule has 0 fully saturated rings. The largest absolute Gasteiger partial charge is 0.497 e. The molecule has 0 radical (unpaired) electrons. The molecule has 0 spiro atoms. The maximum absolute atomic E-state index is 11.9. The number of hydrogen-bond acceptors (Lipinski definition) is 4. The monoisotopic (exact) mass is 340 g/mol. The summed E-state index contributed by atoms with van der Waals surface area (Å²) in [5.74, 6) is 2.20. The molecule has 1 heterocycles. The highest BCUT2D eigenvalue weighted by molar-refractivity contribution is 7.71. The third kappa shape index (κ3) is 3.91. The Balaban J connectivity index is 1.78. The summed E-state index contributed by atoms with van der Waals surface area (Å²) in [7, 11) is 1.62. The quantitative estimate of drug-likeness (QED) is 0.693. The Bertz CT molecular complexity index is 945. The van der Waals surface area contributed by atoms with Gasteiger partial charge in [0.05, 0.1) is 7.11 Å². The second-order valence-electron chi connectivity index (χ2n) is 5.20. The van der Waals surface area contributed by atoms with Gasteiger partial charge >= 0.3 is 0 Å². The number of H-pyrrole nitrogens is 2. The minimum absolute atomic E-state index is 0.180. The van der Waals surface area contributed by atoms with Crippen LogP contribution in [0.2, 0.25) is 0 Å². The Hall–Kier alpha value is -2.86. The Kier molecular flexibility index (Phi) is 4.77. The van der Waals surface area contributed by atoms with Crippen molar-refractivity contribution >= 4 is 12.2 Å². The van der Waals surface area contributed by atoms with E-state index >= 15 is 0 Å². The first kappa shape index (κ1) is 16.0. The van der Waals surface area contributed by atoms with Crippen LogP contribution < -0.4 is 15.0 Å². The number of benzene rings is 2. The number of hydrogen-bond donors (Lipinski definition) is 2. The fourth-order valence-electron chi connectivity index (χ4n) is 2.29. The van der Waals surface area contributed by atoms with E-state index in [9.17, 15) is 4.79 Å². The first-order chi connectivity index (χ1) is 11.6. The second-order valence-corrected chi connectivity index (χ2v) is 5.61. The molecular formula is C18H16N2O3S.